The monoisotopic (exact) mass is 366 g/mol. The summed E-state index contributed by atoms with van der Waals surface area (Å²) in [6.07, 6.45) is -1.17. The predicted molar refractivity (Wildman–Crippen MR) is 92.3 cm³/mol. The number of amides is 1. The number of rotatable bonds is 5. The van der Waals surface area contributed by atoms with Crippen molar-refractivity contribution in [3.63, 3.8) is 0 Å². The summed E-state index contributed by atoms with van der Waals surface area (Å²) in [4.78, 5) is 24.3. The first kappa shape index (κ1) is 18.5. The lowest BCUT2D eigenvalue weighted by Gasteiger charge is -2.15. The van der Waals surface area contributed by atoms with Crippen LogP contribution in [0.25, 0.3) is 0 Å². The third kappa shape index (κ3) is 4.39. The van der Waals surface area contributed by atoms with E-state index in [2.05, 4.69) is 5.32 Å². The Morgan fingerprint density at radius 3 is 2.60 bits per heavy atom. The highest BCUT2D eigenvalue weighted by molar-refractivity contribution is 6.33. The fourth-order valence-corrected chi connectivity index (χ4v) is 2.14. The summed E-state index contributed by atoms with van der Waals surface area (Å²) in [6.45, 7) is 1.36. The van der Waals surface area contributed by atoms with E-state index in [0.29, 0.717) is 0 Å². The molecular formula is C17H16ClFN2O4. The highest BCUT2D eigenvalue weighted by Gasteiger charge is 2.23. The molecule has 132 valence electrons. The molecule has 0 unspecified atom stereocenters. The first-order valence-electron chi connectivity index (χ1n) is 7.23. The third-order valence-corrected chi connectivity index (χ3v) is 3.65. The molecule has 0 aromatic heterocycles. The Labute approximate surface area is 148 Å². The van der Waals surface area contributed by atoms with Gasteiger partial charge >= 0.3 is 5.97 Å². The molecule has 8 heteroatoms. The Kier molecular flexibility index (Phi) is 5.82. The van der Waals surface area contributed by atoms with Crippen LogP contribution >= 0.6 is 11.6 Å². The van der Waals surface area contributed by atoms with E-state index in [4.69, 9.17) is 26.8 Å². The normalized spacial score (nSPS) is 11.5. The van der Waals surface area contributed by atoms with Gasteiger partial charge in [-0.1, -0.05) is 23.7 Å². The number of nitrogen functional groups attached to an aromatic ring is 1. The highest BCUT2D eigenvalue weighted by Crippen LogP contribution is 2.29. The van der Waals surface area contributed by atoms with Crippen molar-refractivity contribution in [1.82, 2.24) is 0 Å². The number of nitrogens with one attached hydrogen (secondary N) is 1. The van der Waals surface area contributed by atoms with Crippen molar-refractivity contribution in [2.45, 2.75) is 13.0 Å². The van der Waals surface area contributed by atoms with Crippen LogP contribution in [0, 0.1) is 5.82 Å². The number of nitrogens with two attached hydrogens (primary N) is 1. The van der Waals surface area contributed by atoms with Crippen LogP contribution in [-0.2, 0) is 9.53 Å². The van der Waals surface area contributed by atoms with Crippen LogP contribution < -0.4 is 15.8 Å². The molecule has 1 atom stereocenters. The van der Waals surface area contributed by atoms with Crippen LogP contribution in [0.5, 0.6) is 5.75 Å². The number of para-hydroxylation sites is 1. The van der Waals surface area contributed by atoms with E-state index in [1.807, 2.05) is 0 Å². The molecule has 0 aliphatic heterocycles. The van der Waals surface area contributed by atoms with E-state index in [-0.39, 0.29) is 27.7 Å². The molecule has 2 aromatic carbocycles. The average Bonchev–Trinajstić information content (AvgIpc) is 2.58. The fourth-order valence-electron chi connectivity index (χ4n) is 1.97. The lowest BCUT2D eigenvalue weighted by Crippen LogP contribution is -2.30. The van der Waals surface area contributed by atoms with Gasteiger partial charge < -0.3 is 20.5 Å². The Hall–Kier alpha value is -2.80. The highest BCUT2D eigenvalue weighted by atomic mass is 35.5. The second kappa shape index (κ2) is 7.85. The predicted octanol–water partition coefficient (Wildman–Crippen LogP) is 3.25. The van der Waals surface area contributed by atoms with Crippen molar-refractivity contribution in [3.05, 3.63) is 52.8 Å². The molecule has 0 aliphatic rings. The Bertz CT molecular complexity index is 813. The van der Waals surface area contributed by atoms with Crippen molar-refractivity contribution >= 4 is 34.9 Å². The van der Waals surface area contributed by atoms with Gasteiger partial charge in [0.15, 0.2) is 6.10 Å². The average molecular weight is 367 g/mol. The maximum atomic E-state index is 13.6. The van der Waals surface area contributed by atoms with Gasteiger partial charge in [0.1, 0.15) is 17.1 Å². The van der Waals surface area contributed by atoms with Crippen molar-refractivity contribution in [2.24, 2.45) is 0 Å². The maximum absolute atomic E-state index is 13.6. The molecule has 2 rings (SSSR count). The molecule has 6 nitrogen and oxygen atoms in total. The first-order chi connectivity index (χ1) is 11.8. The van der Waals surface area contributed by atoms with Gasteiger partial charge in [0.25, 0.3) is 5.91 Å². The molecule has 0 fully saturated rings. The number of benzene rings is 2. The SMILES string of the molecule is COc1cc(N)c(Cl)cc1C(=O)O[C@@H](C)C(=O)Nc1ccccc1F. The van der Waals surface area contributed by atoms with Gasteiger partial charge in [-0.25, -0.2) is 9.18 Å². The first-order valence-corrected chi connectivity index (χ1v) is 7.60. The van der Waals surface area contributed by atoms with Crippen molar-refractivity contribution in [3.8, 4) is 5.75 Å². The van der Waals surface area contributed by atoms with Gasteiger partial charge in [-0.2, -0.15) is 0 Å². The summed E-state index contributed by atoms with van der Waals surface area (Å²) >= 11 is 5.90. The number of methoxy groups -OCH3 is 1. The molecule has 1 amide bonds. The van der Waals surface area contributed by atoms with Crippen LogP contribution in [-0.4, -0.2) is 25.1 Å². The van der Waals surface area contributed by atoms with Crippen LogP contribution in [0.2, 0.25) is 5.02 Å². The third-order valence-electron chi connectivity index (χ3n) is 3.32. The number of anilines is 2. The topological polar surface area (TPSA) is 90.7 Å². The molecule has 0 saturated heterocycles. The van der Waals surface area contributed by atoms with Crippen LogP contribution in [0.1, 0.15) is 17.3 Å². The second-order valence-corrected chi connectivity index (χ2v) is 5.50. The molecule has 2 aromatic rings. The van der Waals surface area contributed by atoms with Crippen LogP contribution in [0.3, 0.4) is 0 Å². The quantitative estimate of drug-likeness (QED) is 0.626. The van der Waals surface area contributed by atoms with Gasteiger partial charge in [0.05, 0.1) is 23.5 Å². The zero-order chi connectivity index (χ0) is 18.6. The number of hydrogen-bond donors (Lipinski definition) is 2. The molecule has 0 heterocycles. The lowest BCUT2D eigenvalue weighted by atomic mass is 10.2. The minimum Gasteiger partial charge on any atom is -0.496 e. The summed E-state index contributed by atoms with van der Waals surface area (Å²) < 4.78 is 23.7. The maximum Gasteiger partial charge on any atom is 0.342 e. The Morgan fingerprint density at radius 1 is 1.28 bits per heavy atom. The van der Waals surface area contributed by atoms with Gasteiger partial charge in [-0.05, 0) is 25.1 Å². The minimum absolute atomic E-state index is 0.0106. The summed E-state index contributed by atoms with van der Waals surface area (Å²) in [7, 11) is 1.35. The van der Waals surface area contributed by atoms with Gasteiger partial charge in [-0.15, -0.1) is 0 Å². The van der Waals surface area contributed by atoms with Gasteiger partial charge in [0.2, 0.25) is 0 Å². The van der Waals surface area contributed by atoms with Crippen molar-refractivity contribution in [1.29, 1.82) is 0 Å². The number of carbonyl (C=O) groups excluding carboxylic acids is 2. The standard InChI is InChI=1S/C17H16ClFN2O4/c1-9(16(22)21-14-6-4-3-5-12(14)19)25-17(23)10-7-11(18)13(20)8-15(10)24-2/h3-9H,20H2,1-2H3,(H,21,22)/t9-/m0/s1. The number of ether oxygens (including phenoxy) is 2. The number of halogens is 2. The number of carbonyl (C=O) groups is 2. The van der Waals surface area contributed by atoms with E-state index in [9.17, 15) is 14.0 Å². The van der Waals surface area contributed by atoms with Gasteiger partial charge in [0, 0.05) is 6.07 Å². The lowest BCUT2D eigenvalue weighted by molar-refractivity contribution is -0.123. The smallest absolute Gasteiger partial charge is 0.342 e. The molecule has 0 bridgehead atoms. The van der Waals surface area contributed by atoms with E-state index in [1.54, 1.807) is 6.07 Å². The number of esters is 1. The Balaban J connectivity index is 2.11. The molecule has 25 heavy (non-hydrogen) atoms. The zero-order valence-corrected chi connectivity index (χ0v) is 14.3. The summed E-state index contributed by atoms with van der Waals surface area (Å²) in [5.74, 6) is -1.94. The molecule has 0 spiro atoms. The molecule has 0 aliphatic carbocycles. The largest absolute Gasteiger partial charge is 0.496 e. The minimum atomic E-state index is -1.17. The fraction of sp³-hybridized carbons (Fsp3) is 0.176. The van der Waals surface area contributed by atoms with Gasteiger partial charge in [-0.3, -0.25) is 4.79 Å². The van der Waals surface area contributed by atoms with Crippen LogP contribution in [0.4, 0.5) is 15.8 Å². The molecule has 0 radical (unpaired) electrons. The summed E-state index contributed by atoms with van der Waals surface area (Å²) in [5.41, 5.74) is 5.90. The van der Waals surface area contributed by atoms with E-state index in [0.717, 1.165) is 0 Å². The molecule has 0 saturated carbocycles. The van der Waals surface area contributed by atoms with E-state index < -0.39 is 23.8 Å². The van der Waals surface area contributed by atoms with E-state index in [1.165, 1.54) is 44.4 Å². The Morgan fingerprint density at radius 2 is 1.96 bits per heavy atom. The van der Waals surface area contributed by atoms with E-state index >= 15 is 0 Å². The molecule has 3 N–H and O–H groups in total. The number of hydrogen-bond acceptors (Lipinski definition) is 5. The van der Waals surface area contributed by atoms with Crippen molar-refractivity contribution < 1.29 is 23.5 Å². The second-order valence-electron chi connectivity index (χ2n) is 5.09. The summed E-state index contributed by atoms with van der Waals surface area (Å²) in [5, 5.41) is 2.50. The molecular weight excluding hydrogens is 351 g/mol. The van der Waals surface area contributed by atoms with Crippen molar-refractivity contribution in [2.75, 3.05) is 18.2 Å². The summed E-state index contributed by atoms with van der Waals surface area (Å²) in [6, 6.07) is 8.32. The van der Waals surface area contributed by atoms with Crippen LogP contribution in [0.15, 0.2) is 36.4 Å². The zero-order valence-electron chi connectivity index (χ0n) is 13.5.